The van der Waals surface area contributed by atoms with Crippen molar-refractivity contribution in [2.45, 2.75) is 33.3 Å². The van der Waals surface area contributed by atoms with Gasteiger partial charge in [0.1, 0.15) is 5.75 Å². The molecular weight excluding hydrogens is 240 g/mol. The first kappa shape index (κ1) is 13.8. The van der Waals surface area contributed by atoms with Crippen LogP contribution in [0.15, 0.2) is 18.2 Å². The zero-order chi connectivity index (χ0) is 12.8. The molecule has 0 spiro atoms. The molecule has 0 aliphatic carbocycles. The molecule has 0 fully saturated rings. The molecule has 1 rings (SSSR count). The number of carbonyl (C=O) groups is 1. The summed E-state index contributed by atoms with van der Waals surface area (Å²) in [6.45, 7) is 5.92. The number of halogens is 1. The Morgan fingerprint density at radius 2 is 2.18 bits per heavy atom. The summed E-state index contributed by atoms with van der Waals surface area (Å²) in [4.78, 5) is 11.5. The summed E-state index contributed by atoms with van der Waals surface area (Å²) >= 11 is 5.84. The van der Waals surface area contributed by atoms with Crippen LogP contribution < -0.4 is 4.74 Å². The second kappa shape index (κ2) is 6.50. The van der Waals surface area contributed by atoms with E-state index < -0.39 is 6.10 Å². The molecule has 0 N–H and O–H groups in total. The molecule has 1 aromatic carbocycles. The first-order chi connectivity index (χ1) is 8.04. The molecule has 94 valence electrons. The summed E-state index contributed by atoms with van der Waals surface area (Å²) in [5, 5.41) is 0.649. The van der Waals surface area contributed by atoms with Gasteiger partial charge < -0.3 is 9.47 Å². The number of carbonyl (C=O) groups excluding carboxylic acids is 1. The van der Waals surface area contributed by atoms with Crippen LogP contribution in [0.5, 0.6) is 5.75 Å². The van der Waals surface area contributed by atoms with Gasteiger partial charge in [0.2, 0.25) is 0 Å². The molecule has 0 amide bonds. The van der Waals surface area contributed by atoms with Crippen LogP contribution in [0.25, 0.3) is 0 Å². The number of benzene rings is 1. The predicted molar refractivity (Wildman–Crippen MR) is 67.5 cm³/mol. The molecule has 17 heavy (non-hydrogen) atoms. The van der Waals surface area contributed by atoms with Crippen LogP contribution in [-0.2, 0) is 9.53 Å². The maximum absolute atomic E-state index is 11.5. The summed E-state index contributed by atoms with van der Waals surface area (Å²) in [7, 11) is 0. The zero-order valence-corrected chi connectivity index (χ0v) is 11.1. The Kier molecular flexibility index (Phi) is 5.29. The van der Waals surface area contributed by atoms with Crippen LogP contribution in [-0.4, -0.2) is 18.7 Å². The number of esters is 1. The third-order valence-corrected chi connectivity index (χ3v) is 2.46. The quantitative estimate of drug-likeness (QED) is 0.758. The fraction of sp³-hybridized carbons (Fsp3) is 0.462. The lowest BCUT2D eigenvalue weighted by Gasteiger charge is -2.15. The Bertz CT molecular complexity index is 390. The molecule has 0 saturated carbocycles. The minimum atomic E-state index is -0.610. The highest BCUT2D eigenvalue weighted by Crippen LogP contribution is 2.22. The van der Waals surface area contributed by atoms with Crippen LogP contribution in [0.3, 0.4) is 0 Å². The normalized spacial score (nSPS) is 12.0. The van der Waals surface area contributed by atoms with Gasteiger partial charge in [-0.05, 0) is 44.0 Å². The van der Waals surface area contributed by atoms with Gasteiger partial charge in [0.05, 0.1) is 6.61 Å². The summed E-state index contributed by atoms with van der Waals surface area (Å²) in [5.74, 6) is 0.302. The van der Waals surface area contributed by atoms with E-state index >= 15 is 0 Å². The Hall–Kier alpha value is -1.22. The first-order valence-corrected chi connectivity index (χ1v) is 6.01. The van der Waals surface area contributed by atoms with E-state index in [4.69, 9.17) is 21.1 Å². The monoisotopic (exact) mass is 256 g/mol. The molecule has 1 atom stereocenters. The van der Waals surface area contributed by atoms with Crippen molar-refractivity contribution in [3.05, 3.63) is 28.8 Å². The first-order valence-electron chi connectivity index (χ1n) is 5.64. The second-order valence-electron chi connectivity index (χ2n) is 3.84. The molecule has 0 heterocycles. The number of hydrogen-bond donors (Lipinski definition) is 0. The maximum atomic E-state index is 11.5. The van der Waals surface area contributed by atoms with Gasteiger partial charge in [-0.15, -0.1) is 0 Å². The molecular formula is C13H17ClO3. The van der Waals surface area contributed by atoms with Gasteiger partial charge in [0.25, 0.3) is 0 Å². The molecule has 0 bridgehead atoms. The fourth-order valence-electron chi connectivity index (χ4n) is 1.30. The smallest absolute Gasteiger partial charge is 0.347 e. The van der Waals surface area contributed by atoms with Gasteiger partial charge in [-0.25, -0.2) is 4.79 Å². The van der Waals surface area contributed by atoms with E-state index in [2.05, 4.69) is 0 Å². The van der Waals surface area contributed by atoms with Crippen molar-refractivity contribution in [2.75, 3.05) is 6.61 Å². The van der Waals surface area contributed by atoms with Gasteiger partial charge >= 0.3 is 5.97 Å². The van der Waals surface area contributed by atoms with Crippen molar-refractivity contribution in [3.8, 4) is 5.75 Å². The highest BCUT2D eigenvalue weighted by atomic mass is 35.5. The summed E-state index contributed by atoms with van der Waals surface area (Å²) in [5.41, 5.74) is 0.896. The molecule has 1 unspecified atom stereocenters. The van der Waals surface area contributed by atoms with Gasteiger partial charge in [-0.1, -0.05) is 18.5 Å². The lowest BCUT2D eigenvalue weighted by atomic mass is 10.2. The number of hydrogen-bond acceptors (Lipinski definition) is 3. The Labute approximate surface area is 107 Å². The topological polar surface area (TPSA) is 35.5 Å². The van der Waals surface area contributed by atoms with Crippen molar-refractivity contribution >= 4 is 17.6 Å². The molecule has 0 saturated heterocycles. The highest BCUT2D eigenvalue weighted by Gasteiger charge is 2.16. The average Bonchev–Trinajstić information content (AvgIpc) is 2.29. The predicted octanol–water partition coefficient (Wildman–Crippen LogP) is 3.37. The maximum Gasteiger partial charge on any atom is 0.347 e. The largest absolute Gasteiger partial charge is 0.479 e. The summed E-state index contributed by atoms with van der Waals surface area (Å²) < 4.78 is 10.5. The van der Waals surface area contributed by atoms with E-state index in [0.29, 0.717) is 17.4 Å². The van der Waals surface area contributed by atoms with Gasteiger partial charge in [0, 0.05) is 5.02 Å². The van der Waals surface area contributed by atoms with Gasteiger partial charge in [0.15, 0.2) is 6.10 Å². The van der Waals surface area contributed by atoms with E-state index in [0.717, 1.165) is 12.0 Å². The van der Waals surface area contributed by atoms with Crippen molar-refractivity contribution in [1.29, 1.82) is 0 Å². The Morgan fingerprint density at radius 1 is 1.47 bits per heavy atom. The number of ether oxygens (including phenoxy) is 2. The van der Waals surface area contributed by atoms with Crippen molar-refractivity contribution in [2.24, 2.45) is 0 Å². The minimum absolute atomic E-state index is 0.346. The SMILES string of the molecule is CCCOC(=O)C(C)Oc1ccc(Cl)cc1C. The molecule has 0 aliphatic rings. The van der Waals surface area contributed by atoms with Crippen molar-refractivity contribution < 1.29 is 14.3 Å². The standard InChI is InChI=1S/C13H17ClO3/c1-4-7-16-13(15)10(3)17-12-6-5-11(14)8-9(12)2/h5-6,8,10H,4,7H2,1-3H3. The summed E-state index contributed by atoms with van der Waals surface area (Å²) in [6, 6.07) is 5.27. The van der Waals surface area contributed by atoms with Gasteiger partial charge in [-0.3, -0.25) is 0 Å². The average molecular weight is 257 g/mol. The Balaban J connectivity index is 2.61. The van der Waals surface area contributed by atoms with Crippen LogP contribution in [0.4, 0.5) is 0 Å². The van der Waals surface area contributed by atoms with E-state index in [9.17, 15) is 4.79 Å². The second-order valence-corrected chi connectivity index (χ2v) is 4.27. The minimum Gasteiger partial charge on any atom is -0.479 e. The fourth-order valence-corrected chi connectivity index (χ4v) is 1.53. The third kappa shape index (κ3) is 4.27. The molecule has 0 aromatic heterocycles. The van der Waals surface area contributed by atoms with Crippen LogP contribution >= 0.6 is 11.6 Å². The van der Waals surface area contributed by atoms with Crippen LogP contribution in [0, 0.1) is 6.92 Å². The summed E-state index contributed by atoms with van der Waals surface area (Å²) in [6.07, 6.45) is 0.194. The Morgan fingerprint density at radius 3 is 2.76 bits per heavy atom. The van der Waals surface area contributed by atoms with Gasteiger partial charge in [-0.2, -0.15) is 0 Å². The lowest BCUT2D eigenvalue weighted by molar-refractivity contribution is -0.151. The molecule has 3 nitrogen and oxygen atoms in total. The molecule has 0 aliphatic heterocycles. The van der Waals surface area contributed by atoms with E-state index in [1.807, 2.05) is 13.8 Å². The zero-order valence-electron chi connectivity index (χ0n) is 10.3. The molecule has 0 radical (unpaired) electrons. The van der Waals surface area contributed by atoms with Crippen LogP contribution in [0.2, 0.25) is 5.02 Å². The van der Waals surface area contributed by atoms with E-state index in [1.54, 1.807) is 25.1 Å². The van der Waals surface area contributed by atoms with E-state index in [1.165, 1.54) is 0 Å². The van der Waals surface area contributed by atoms with E-state index in [-0.39, 0.29) is 5.97 Å². The molecule has 4 heteroatoms. The van der Waals surface area contributed by atoms with Crippen molar-refractivity contribution in [3.63, 3.8) is 0 Å². The van der Waals surface area contributed by atoms with Crippen LogP contribution in [0.1, 0.15) is 25.8 Å². The lowest BCUT2D eigenvalue weighted by Crippen LogP contribution is -2.26. The number of rotatable bonds is 5. The highest BCUT2D eigenvalue weighted by molar-refractivity contribution is 6.30. The molecule has 1 aromatic rings. The third-order valence-electron chi connectivity index (χ3n) is 2.22. The van der Waals surface area contributed by atoms with Crippen molar-refractivity contribution in [1.82, 2.24) is 0 Å². The number of aryl methyl sites for hydroxylation is 1.